The second kappa shape index (κ2) is 9.52. The molecule has 1 saturated heterocycles. The van der Waals surface area contributed by atoms with Crippen molar-refractivity contribution in [3.8, 4) is 10.6 Å². The molecule has 0 radical (unpaired) electrons. The Balaban J connectivity index is 1.37. The predicted molar refractivity (Wildman–Crippen MR) is 126 cm³/mol. The number of aromatic nitrogens is 1. The molecule has 0 aliphatic carbocycles. The van der Waals surface area contributed by atoms with Crippen LogP contribution in [0.5, 0.6) is 0 Å². The molecule has 0 bridgehead atoms. The van der Waals surface area contributed by atoms with Crippen LogP contribution in [0.15, 0.2) is 64.9 Å². The van der Waals surface area contributed by atoms with Crippen molar-refractivity contribution in [3.63, 3.8) is 0 Å². The monoisotopic (exact) mass is 473 g/mol. The van der Waals surface area contributed by atoms with Gasteiger partial charge in [-0.2, -0.15) is 4.31 Å². The van der Waals surface area contributed by atoms with E-state index in [1.165, 1.54) is 16.1 Å². The van der Waals surface area contributed by atoms with Gasteiger partial charge in [0, 0.05) is 29.7 Å². The van der Waals surface area contributed by atoms with Gasteiger partial charge in [0.25, 0.3) is 0 Å². The summed E-state index contributed by atoms with van der Waals surface area (Å²) in [6.45, 7) is 2.18. The van der Waals surface area contributed by atoms with E-state index >= 15 is 0 Å². The van der Waals surface area contributed by atoms with E-state index in [4.69, 9.17) is 0 Å². The Bertz CT molecular complexity index is 1160. The fraction of sp³-hybridized carbons (Fsp3) is 0.273. The van der Waals surface area contributed by atoms with Gasteiger partial charge >= 0.3 is 0 Å². The van der Waals surface area contributed by atoms with Crippen LogP contribution >= 0.6 is 23.1 Å². The van der Waals surface area contributed by atoms with Crippen molar-refractivity contribution in [3.05, 3.63) is 71.2 Å². The number of thiazole rings is 1. The van der Waals surface area contributed by atoms with Crippen LogP contribution in [0.25, 0.3) is 10.6 Å². The highest BCUT2D eigenvalue weighted by Crippen LogP contribution is 2.30. The maximum absolute atomic E-state index is 13.1. The number of carbonyl (C=O) groups is 1. The maximum Gasteiger partial charge on any atom is 0.244 e. The zero-order valence-electron chi connectivity index (χ0n) is 17.0. The molecule has 0 spiro atoms. The first-order valence-electron chi connectivity index (χ1n) is 9.89. The number of amides is 1. The minimum absolute atomic E-state index is 0.256. The molecule has 3 aromatic rings. The second-order valence-corrected chi connectivity index (χ2v) is 10.9. The molecule has 2 heterocycles. The number of hydrogen-bond acceptors (Lipinski definition) is 6. The molecule has 2 aromatic carbocycles. The molecule has 0 saturated carbocycles. The third-order valence-corrected chi connectivity index (χ3v) is 9.21. The van der Waals surface area contributed by atoms with Gasteiger partial charge in [-0.1, -0.05) is 48.5 Å². The molecule has 1 aliphatic heterocycles. The van der Waals surface area contributed by atoms with Crippen LogP contribution in [-0.2, 0) is 21.2 Å². The molecule has 1 atom stereocenters. The Kier molecular flexibility index (Phi) is 6.76. The number of rotatable bonds is 7. The van der Waals surface area contributed by atoms with Gasteiger partial charge in [-0.3, -0.25) is 4.79 Å². The SMILES string of the molecule is Cc1ccccc1S(=O)(=O)N1CSCC1C(=O)NCCc1csc(-c2ccccc2)n1. The van der Waals surface area contributed by atoms with E-state index in [2.05, 4.69) is 10.3 Å². The number of nitrogens with zero attached hydrogens (tertiary/aromatic N) is 2. The highest BCUT2D eigenvalue weighted by Gasteiger charge is 2.40. The summed E-state index contributed by atoms with van der Waals surface area (Å²) in [4.78, 5) is 17.7. The van der Waals surface area contributed by atoms with E-state index in [0.29, 0.717) is 24.3 Å². The van der Waals surface area contributed by atoms with Gasteiger partial charge in [0.2, 0.25) is 15.9 Å². The number of sulfonamides is 1. The lowest BCUT2D eigenvalue weighted by molar-refractivity contribution is -0.123. The van der Waals surface area contributed by atoms with Gasteiger partial charge in [0.15, 0.2) is 0 Å². The second-order valence-electron chi connectivity index (χ2n) is 7.22. The number of nitrogens with one attached hydrogen (secondary N) is 1. The molecule has 162 valence electrons. The standard InChI is InChI=1S/C22H23N3O3S3/c1-16-7-5-6-10-20(16)31(27,28)25-15-29-14-19(25)21(26)23-12-11-18-13-30-22(24-18)17-8-3-2-4-9-17/h2-10,13,19H,11-12,14-15H2,1H3,(H,23,26). The molecular formula is C22H23N3O3S3. The summed E-state index contributed by atoms with van der Waals surface area (Å²) in [6, 6.07) is 16.1. The summed E-state index contributed by atoms with van der Waals surface area (Å²) in [5.74, 6) is 0.466. The van der Waals surface area contributed by atoms with Crippen LogP contribution < -0.4 is 5.32 Å². The van der Waals surface area contributed by atoms with Crippen molar-refractivity contribution in [2.24, 2.45) is 0 Å². The van der Waals surface area contributed by atoms with Crippen LogP contribution in [0.1, 0.15) is 11.3 Å². The molecular weight excluding hydrogens is 450 g/mol. The topological polar surface area (TPSA) is 79.4 Å². The van der Waals surface area contributed by atoms with Crippen LogP contribution in [0.3, 0.4) is 0 Å². The Hall–Kier alpha value is -2.20. The lowest BCUT2D eigenvalue weighted by atomic mass is 10.2. The Morgan fingerprint density at radius 1 is 1.16 bits per heavy atom. The van der Waals surface area contributed by atoms with Crippen LogP contribution in [-0.4, -0.2) is 47.8 Å². The van der Waals surface area contributed by atoms with Gasteiger partial charge in [0.1, 0.15) is 11.0 Å². The molecule has 1 aromatic heterocycles. The molecule has 1 fully saturated rings. The third kappa shape index (κ3) is 4.85. The fourth-order valence-corrected chi connectivity index (χ4v) is 7.65. The molecule has 1 amide bonds. The highest BCUT2D eigenvalue weighted by molar-refractivity contribution is 8.00. The van der Waals surface area contributed by atoms with Crippen molar-refractivity contribution < 1.29 is 13.2 Å². The molecule has 4 rings (SSSR count). The lowest BCUT2D eigenvalue weighted by Gasteiger charge is -2.23. The average Bonchev–Trinajstić information content (AvgIpc) is 3.45. The van der Waals surface area contributed by atoms with E-state index in [1.807, 2.05) is 35.7 Å². The molecule has 1 N–H and O–H groups in total. The summed E-state index contributed by atoms with van der Waals surface area (Å²) < 4.78 is 27.6. The molecule has 1 unspecified atom stereocenters. The first kappa shape index (κ1) is 22.0. The lowest BCUT2D eigenvalue weighted by Crippen LogP contribution is -2.47. The number of carbonyl (C=O) groups excluding carboxylic acids is 1. The number of thioether (sulfide) groups is 1. The smallest absolute Gasteiger partial charge is 0.244 e. The molecule has 9 heteroatoms. The zero-order valence-corrected chi connectivity index (χ0v) is 19.5. The van der Waals surface area contributed by atoms with Gasteiger partial charge in [-0.25, -0.2) is 13.4 Å². The fourth-order valence-electron chi connectivity index (χ4n) is 3.41. The minimum atomic E-state index is -3.73. The molecule has 6 nitrogen and oxygen atoms in total. The summed E-state index contributed by atoms with van der Waals surface area (Å²) in [6.07, 6.45) is 0.597. The Morgan fingerprint density at radius 2 is 1.90 bits per heavy atom. The van der Waals surface area contributed by atoms with Crippen molar-refractivity contribution in [2.75, 3.05) is 18.2 Å². The first-order valence-corrected chi connectivity index (χ1v) is 13.4. The largest absolute Gasteiger partial charge is 0.354 e. The molecule has 31 heavy (non-hydrogen) atoms. The van der Waals surface area contributed by atoms with E-state index in [0.717, 1.165) is 16.3 Å². The van der Waals surface area contributed by atoms with E-state index in [9.17, 15) is 13.2 Å². The highest BCUT2D eigenvalue weighted by atomic mass is 32.2. The Morgan fingerprint density at radius 3 is 2.68 bits per heavy atom. The first-order chi connectivity index (χ1) is 15.0. The van der Waals surface area contributed by atoms with Crippen LogP contribution in [0.4, 0.5) is 0 Å². The number of hydrogen-bond donors (Lipinski definition) is 1. The summed E-state index contributed by atoms with van der Waals surface area (Å²) >= 11 is 3.03. The quantitative estimate of drug-likeness (QED) is 0.568. The maximum atomic E-state index is 13.1. The normalized spacial score (nSPS) is 17.0. The van der Waals surface area contributed by atoms with E-state index in [-0.39, 0.29) is 16.7 Å². The Labute approximate surface area is 190 Å². The average molecular weight is 474 g/mol. The zero-order chi connectivity index (χ0) is 21.8. The van der Waals surface area contributed by atoms with Gasteiger partial charge in [0.05, 0.1) is 16.5 Å². The third-order valence-electron chi connectivity index (χ3n) is 5.08. The summed E-state index contributed by atoms with van der Waals surface area (Å²) in [5, 5.41) is 5.84. The summed E-state index contributed by atoms with van der Waals surface area (Å²) in [7, 11) is -3.73. The van der Waals surface area contributed by atoms with Crippen molar-refractivity contribution in [1.82, 2.24) is 14.6 Å². The van der Waals surface area contributed by atoms with Crippen molar-refractivity contribution >= 4 is 39.0 Å². The number of aryl methyl sites for hydroxylation is 1. The summed E-state index contributed by atoms with van der Waals surface area (Å²) in [5.41, 5.74) is 2.66. The van der Waals surface area contributed by atoms with E-state index < -0.39 is 16.1 Å². The van der Waals surface area contributed by atoms with E-state index in [1.54, 1.807) is 42.5 Å². The van der Waals surface area contributed by atoms with Gasteiger partial charge < -0.3 is 5.32 Å². The number of benzene rings is 2. The minimum Gasteiger partial charge on any atom is -0.354 e. The van der Waals surface area contributed by atoms with Crippen molar-refractivity contribution in [2.45, 2.75) is 24.3 Å². The predicted octanol–water partition coefficient (Wildman–Crippen LogP) is 3.54. The van der Waals surface area contributed by atoms with Gasteiger partial charge in [-0.15, -0.1) is 23.1 Å². The van der Waals surface area contributed by atoms with Crippen LogP contribution in [0.2, 0.25) is 0 Å². The van der Waals surface area contributed by atoms with Crippen molar-refractivity contribution in [1.29, 1.82) is 0 Å². The van der Waals surface area contributed by atoms with Crippen LogP contribution in [0, 0.1) is 6.92 Å². The molecule has 1 aliphatic rings. The van der Waals surface area contributed by atoms with Gasteiger partial charge in [-0.05, 0) is 18.6 Å².